The van der Waals surface area contributed by atoms with Gasteiger partial charge in [0.2, 0.25) is 5.91 Å². The van der Waals surface area contributed by atoms with Crippen LogP contribution in [0.25, 0.3) is 0 Å². The summed E-state index contributed by atoms with van der Waals surface area (Å²) in [5, 5.41) is 2.95. The van der Waals surface area contributed by atoms with Gasteiger partial charge in [-0.05, 0) is 49.2 Å². The molecule has 1 aromatic heterocycles. The maximum atomic E-state index is 13.8. The zero-order chi connectivity index (χ0) is 21.6. The average molecular weight is 423 g/mol. The fraction of sp³-hybridized carbons (Fsp3) is 0.250. The molecular formula is C24H23F2N3O2. The van der Waals surface area contributed by atoms with Gasteiger partial charge in [-0.1, -0.05) is 6.07 Å². The van der Waals surface area contributed by atoms with Crippen LogP contribution in [0.5, 0.6) is 5.75 Å². The highest BCUT2D eigenvalue weighted by atomic mass is 19.1. The number of benzene rings is 2. The molecule has 1 fully saturated rings. The van der Waals surface area contributed by atoms with Crippen molar-refractivity contribution in [2.75, 3.05) is 23.3 Å². The molecule has 2 heterocycles. The van der Waals surface area contributed by atoms with Gasteiger partial charge in [0.05, 0.1) is 0 Å². The Bertz CT molecular complexity index is 1040. The highest BCUT2D eigenvalue weighted by molar-refractivity contribution is 5.92. The number of nitrogens with one attached hydrogen (secondary N) is 1. The van der Waals surface area contributed by atoms with Gasteiger partial charge >= 0.3 is 0 Å². The fourth-order valence-electron chi connectivity index (χ4n) is 3.66. The Balaban J connectivity index is 1.31. The Morgan fingerprint density at radius 3 is 2.58 bits per heavy atom. The minimum atomic E-state index is -0.650. The summed E-state index contributed by atoms with van der Waals surface area (Å²) >= 11 is 0. The van der Waals surface area contributed by atoms with Gasteiger partial charge in [-0.25, -0.2) is 8.78 Å². The molecule has 160 valence electrons. The molecule has 1 aliphatic heterocycles. The summed E-state index contributed by atoms with van der Waals surface area (Å²) in [4.78, 5) is 19.0. The first-order valence-corrected chi connectivity index (χ1v) is 10.2. The van der Waals surface area contributed by atoms with Gasteiger partial charge in [0, 0.05) is 60.5 Å². The van der Waals surface area contributed by atoms with Crippen molar-refractivity contribution in [1.29, 1.82) is 0 Å². The van der Waals surface area contributed by atoms with Gasteiger partial charge in [-0.15, -0.1) is 0 Å². The zero-order valence-corrected chi connectivity index (χ0v) is 16.9. The third kappa shape index (κ3) is 5.36. The van der Waals surface area contributed by atoms with Gasteiger partial charge in [0.1, 0.15) is 24.0 Å². The van der Waals surface area contributed by atoms with Crippen LogP contribution in [0.15, 0.2) is 67.0 Å². The molecule has 2 aromatic carbocycles. The number of amides is 1. The van der Waals surface area contributed by atoms with Gasteiger partial charge < -0.3 is 15.0 Å². The second-order valence-corrected chi connectivity index (χ2v) is 7.51. The number of aromatic nitrogens is 1. The van der Waals surface area contributed by atoms with E-state index in [0.717, 1.165) is 37.7 Å². The van der Waals surface area contributed by atoms with Crippen molar-refractivity contribution in [3.8, 4) is 5.75 Å². The summed E-state index contributed by atoms with van der Waals surface area (Å²) in [7, 11) is 0. The number of hydrogen-bond donors (Lipinski definition) is 1. The molecule has 5 nitrogen and oxygen atoms in total. The standard InChI is InChI=1S/C24H23F2N3O2/c25-19-5-4-18(23(26)14-19)16-31-22-3-1-2-20(15-22)28-24(30)17-8-12-29(13-9-17)21-6-10-27-11-7-21/h1-7,10-11,14-15,17H,8-9,12-13,16H2,(H,28,30). The Hall–Kier alpha value is -3.48. The minimum Gasteiger partial charge on any atom is -0.489 e. The summed E-state index contributed by atoms with van der Waals surface area (Å²) < 4.78 is 32.4. The molecule has 4 rings (SSSR count). The lowest BCUT2D eigenvalue weighted by Gasteiger charge is -2.32. The molecule has 0 bridgehead atoms. The molecule has 1 aliphatic rings. The number of anilines is 2. The molecule has 0 aliphatic carbocycles. The monoisotopic (exact) mass is 423 g/mol. The van der Waals surface area contributed by atoms with Crippen molar-refractivity contribution >= 4 is 17.3 Å². The van der Waals surface area contributed by atoms with E-state index < -0.39 is 11.6 Å². The second-order valence-electron chi connectivity index (χ2n) is 7.51. The van der Waals surface area contributed by atoms with Gasteiger partial charge in [-0.2, -0.15) is 0 Å². The van der Waals surface area contributed by atoms with Crippen LogP contribution in [-0.2, 0) is 11.4 Å². The number of pyridine rings is 1. The van der Waals surface area contributed by atoms with Crippen LogP contribution in [0.3, 0.4) is 0 Å². The Morgan fingerprint density at radius 2 is 1.84 bits per heavy atom. The van der Waals surface area contributed by atoms with E-state index in [2.05, 4.69) is 15.2 Å². The molecule has 0 unspecified atom stereocenters. The van der Waals surface area contributed by atoms with E-state index in [1.165, 1.54) is 12.1 Å². The van der Waals surface area contributed by atoms with Crippen molar-refractivity contribution in [2.45, 2.75) is 19.4 Å². The van der Waals surface area contributed by atoms with Crippen LogP contribution < -0.4 is 15.0 Å². The van der Waals surface area contributed by atoms with E-state index in [4.69, 9.17) is 4.74 Å². The molecule has 1 N–H and O–H groups in total. The fourth-order valence-corrected chi connectivity index (χ4v) is 3.66. The third-order valence-electron chi connectivity index (χ3n) is 5.40. The van der Waals surface area contributed by atoms with Gasteiger partial charge in [0.15, 0.2) is 0 Å². The van der Waals surface area contributed by atoms with E-state index in [-0.39, 0.29) is 24.0 Å². The van der Waals surface area contributed by atoms with Crippen molar-refractivity contribution in [3.63, 3.8) is 0 Å². The van der Waals surface area contributed by atoms with E-state index in [9.17, 15) is 13.6 Å². The Morgan fingerprint density at radius 1 is 1.06 bits per heavy atom. The molecule has 7 heteroatoms. The predicted molar refractivity (Wildman–Crippen MR) is 115 cm³/mol. The summed E-state index contributed by atoms with van der Waals surface area (Å²) in [6.45, 7) is 1.60. The summed E-state index contributed by atoms with van der Waals surface area (Å²) in [6.07, 6.45) is 5.09. The summed E-state index contributed by atoms with van der Waals surface area (Å²) in [6, 6.07) is 14.3. The average Bonchev–Trinajstić information content (AvgIpc) is 2.79. The number of halogens is 2. The quantitative estimate of drug-likeness (QED) is 0.619. The molecule has 31 heavy (non-hydrogen) atoms. The topological polar surface area (TPSA) is 54.5 Å². The van der Waals surface area contributed by atoms with Crippen LogP contribution in [0, 0.1) is 17.6 Å². The van der Waals surface area contributed by atoms with Crippen molar-refractivity contribution < 1.29 is 18.3 Å². The molecule has 0 radical (unpaired) electrons. The lowest BCUT2D eigenvalue weighted by molar-refractivity contribution is -0.120. The first-order valence-electron chi connectivity index (χ1n) is 10.2. The van der Waals surface area contributed by atoms with Gasteiger partial charge in [-0.3, -0.25) is 9.78 Å². The minimum absolute atomic E-state index is 0.0175. The molecule has 0 spiro atoms. The van der Waals surface area contributed by atoms with Crippen molar-refractivity contribution in [1.82, 2.24) is 4.98 Å². The molecule has 3 aromatic rings. The predicted octanol–water partition coefficient (Wildman–Crippen LogP) is 4.79. The molecule has 0 atom stereocenters. The normalized spacial score (nSPS) is 14.3. The van der Waals surface area contributed by atoms with Crippen LogP contribution in [-0.4, -0.2) is 24.0 Å². The van der Waals surface area contributed by atoms with E-state index in [0.29, 0.717) is 11.4 Å². The van der Waals surface area contributed by atoms with Crippen molar-refractivity contribution in [3.05, 3.63) is 84.2 Å². The number of hydrogen-bond acceptors (Lipinski definition) is 4. The smallest absolute Gasteiger partial charge is 0.227 e. The second kappa shape index (κ2) is 9.55. The number of carbonyl (C=O) groups is 1. The largest absolute Gasteiger partial charge is 0.489 e. The maximum absolute atomic E-state index is 13.8. The highest BCUT2D eigenvalue weighted by Crippen LogP contribution is 2.25. The van der Waals surface area contributed by atoms with E-state index in [1.54, 1.807) is 36.7 Å². The van der Waals surface area contributed by atoms with Crippen LogP contribution >= 0.6 is 0 Å². The number of carbonyl (C=O) groups excluding carboxylic acids is 1. The van der Waals surface area contributed by atoms with Crippen LogP contribution in [0.2, 0.25) is 0 Å². The lowest BCUT2D eigenvalue weighted by Crippen LogP contribution is -2.38. The Kier molecular flexibility index (Phi) is 6.40. The number of nitrogens with zero attached hydrogens (tertiary/aromatic N) is 2. The lowest BCUT2D eigenvalue weighted by atomic mass is 9.95. The molecule has 1 amide bonds. The summed E-state index contributed by atoms with van der Waals surface area (Å²) in [5.74, 6) is -0.860. The first-order chi connectivity index (χ1) is 15.1. The highest BCUT2D eigenvalue weighted by Gasteiger charge is 2.25. The first kappa shape index (κ1) is 20.8. The Labute approximate surface area is 179 Å². The van der Waals surface area contributed by atoms with E-state index >= 15 is 0 Å². The SMILES string of the molecule is O=C(Nc1cccc(OCc2ccc(F)cc2F)c1)C1CCN(c2ccncc2)CC1. The number of ether oxygens (including phenoxy) is 1. The molecule has 0 saturated carbocycles. The number of rotatable bonds is 6. The maximum Gasteiger partial charge on any atom is 0.227 e. The van der Waals surface area contributed by atoms with Gasteiger partial charge in [0.25, 0.3) is 0 Å². The van der Waals surface area contributed by atoms with Crippen LogP contribution in [0.4, 0.5) is 20.2 Å². The third-order valence-corrected chi connectivity index (χ3v) is 5.40. The molecule has 1 saturated heterocycles. The zero-order valence-electron chi connectivity index (χ0n) is 16.9. The van der Waals surface area contributed by atoms with Crippen LogP contribution in [0.1, 0.15) is 18.4 Å². The summed E-state index contributed by atoms with van der Waals surface area (Å²) in [5.41, 5.74) is 2.01. The number of piperidine rings is 1. The molecular weight excluding hydrogens is 400 g/mol. The van der Waals surface area contributed by atoms with Crippen molar-refractivity contribution in [2.24, 2.45) is 5.92 Å². The van der Waals surface area contributed by atoms with E-state index in [1.807, 2.05) is 12.1 Å².